The summed E-state index contributed by atoms with van der Waals surface area (Å²) in [4.78, 5) is 12.4. The van der Waals surface area contributed by atoms with Gasteiger partial charge < -0.3 is 10.1 Å². The summed E-state index contributed by atoms with van der Waals surface area (Å²) < 4.78 is 6.01. The predicted octanol–water partition coefficient (Wildman–Crippen LogP) is 4.99. The fourth-order valence-corrected chi connectivity index (χ4v) is 4.16. The van der Waals surface area contributed by atoms with Crippen LogP contribution in [0.15, 0.2) is 48.5 Å². The van der Waals surface area contributed by atoms with E-state index < -0.39 is 0 Å². The van der Waals surface area contributed by atoms with E-state index in [1.807, 2.05) is 62.4 Å². The Morgan fingerprint density at radius 3 is 2.76 bits per heavy atom. The van der Waals surface area contributed by atoms with Crippen LogP contribution >= 0.6 is 23.4 Å². The fraction of sp³-hybridized carbons (Fsp3) is 0.350. The van der Waals surface area contributed by atoms with E-state index in [0.29, 0.717) is 5.75 Å². The van der Waals surface area contributed by atoms with Crippen LogP contribution in [0.25, 0.3) is 0 Å². The lowest BCUT2D eigenvalue weighted by Gasteiger charge is -2.37. The zero-order chi connectivity index (χ0) is 17.9. The molecule has 0 saturated carbocycles. The lowest BCUT2D eigenvalue weighted by molar-refractivity contribution is -0.119. The largest absolute Gasteiger partial charge is 0.487 e. The highest BCUT2D eigenvalue weighted by Gasteiger charge is 2.34. The third-order valence-electron chi connectivity index (χ3n) is 4.16. The van der Waals surface area contributed by atoms with Crippen LogP contribution in [0.1, 0.15) is 37.4 Å². The Morgan fingerprint density at radius 1 is 1.24 bits per heavy atom. The number of nitrogens with one attached hydrogen (secondary N) is 1. The third-order valence-corrected chi connectivity index (χ3v) is 5.51. The summed E-state index contributed by atoms with van der Waals surface area (Å²) in [6.45, 7) is 4.10. The number of rotatable bonds is 5. The molecule has 0 aliphatic carbocycles. The summed E-state index contributed by atoms with van der Waals surface area (Å²) in [6.07, 6.45) is 0.755. The Kier molecular flexibility index (Phi) is 5.60. The molecule has 1 atom stereocenters. The summed E-state index contributed by atoms with van der Waals surface area (Å²) in [5.41, 5.74) is 1.81. The molecule has 5 heteroatoms. The van der Waals surface area contributed by atoms with E-state index in [1.54, 1.807) is 11.8 Å². The molecule has 2 aromatic carbocycles. The number of thioether (sulfide) groups is 1. The van der Waals surface area contributed by atoms with Crippen molar-refractivity contribution >= 4 is 29.3 Å². The van der Waals surface area contributed by atoms with Gasteiger partial charge in [-0.2, -0.15) is 0 Å². The molecule has 1 N–H and O–H groups in total. The average Bonchev–Trinajstić information content (AvgIpc) is 2.55. The Hall–Kier alpha value is -1.65. The van der Waals surface area contributed by atoms with Crippen molar-refractivity contribution in [2.24, 2.45) is 0 Å². The molecule has 0 radical (unpaired) electrons. The highest BCUT2D eigenvalue weighted by atomic mass is 35.5. The molecule has 0 aromatic heterocycles. The number of hydrogen-bond donors (Lipinski definition) is 1. The zero-order valence-electron chi connectivity index (χ0n) is 14.4. The van der Waals surface area contributed by atoms with Crippen molar-refractivity contribution in [1.29, 1.82) is 0 Å². The number of ether oxygens (including phenoxy) is 1. The molecule has 1 aliphatic heterocycles. The third kappa shape index (κ3) is 4.71. The van der Waals surface area contributed by atoms with Gasteiger partial charge in [-0.05, 0) is 31.5 Å². The number of para-hydroxylation sites is 1. The van der Waals surface area contributed by atoms with Crippen molar-refractivity contribution in [3.63, 3.8) is 0 Å². The molecule has 1 heterocycles. The number of carbonyl (C=O) groups excluding carboxylic acids is 1. The zero-order valence-corrected chi connectivity index (χ0v) is 16.0. The lowest BCUT2D eigenvalue weighted by Crippen LogP contribution is -2.41. The van der Waals surface area contributed by atoms with Crippen molar-refractivity contribution in [2.45, 2.75) is 37.7 Å². The predicted molar refractivity (Wildman–Crippen MR) is 104 cm³/mol. The number of halogens is 1. The smallest absolute Gasteiger partial charge is 0.230 e. The Labute approximate surface area is 158 Å². The average molecular weight is 376 g/mol. The van der Waals surface area contributed by atoms with Crippen molar-refractivity contribution in [2.75, 3.05) is 5.75 Å². The lowest BCUT2D eigenvalue weighted by atomic mass is 9.90. The minimum Gasteiger partial charge on any atom is -0.487 e. The second-order valence-electron chi connectivity index (χ2n) is 6.81. The van der Waals surface area contributed by atoms with E-state index in [-0.39, 0.29) is 17.6 Å². The topological polar surface area (TPSA) is 38.3 Å². The van der Waals surface area contributed by atoms with E-state index in [0.717, 1.165) is 34.1 Å². The number of fused-ring (bicyclic) bond motifs is 1. The van der Waals surface area contributed by atoms with E-state index in [2.05, 4.69) is 5.32 Å². The number of carbonyl (C=O) groups is 1. The molecule has 3 rings (SSSR count). The van der Waals surface area contributed by atoms with Gasteiger partial charge in [0, 0.05) is 22.8 Å². The first kappa shape index (κ1) is 18.2. The molecular weight excluding hydrogens is 354 g/mol. The van der Waals surface area contributed by atoms with Gasteiger partial charge in [0.1, 0.15) is 11.4 Å². The van der Waals surface area contributed by atoms with Crippen LogP contribution in [0.2, 0.25) is 5.02 Å². The molecule has 0 fully saturated rings. The van der Waals surface area contributed by atoms with Crippen molar-refractivity contribution in [3.8, 4) is 5.75 Å². The normalized spacial score (nSPS) is 18.1. The van der Waals surface area contributed by atoms with E-state index in [1.165, 1.54) is 0 Å². The Balaban J connectivity index is 1.58. The molecule has 0 saturated heterocycles. The first-order chi connectivity index (χ1) is 11.9. The standard InChI is InChI=1S/C20H22ClNO2S/c1-20(2)11-17(15-8-4-6-10-18(15)24-20)22-19(23)13-25-12-14-7-3-5-9-16(14)21/h3-10,17H,11-13H2,1-2H3,(H,22,23)/t17-/m1/s1. The molecule has 0 spiro atoms. The minimum atomic E-state index is -0.295. The van der Waals surface area contributed by atoms with Gasteiger partial charge in [-0.3, -0.25) is 4.79 Å². The molecule has 0 bridgehead atoms. The molecule has 1 aliphatic rings. The first-order valence-corrected chi connectivity index (χ1v) is 9.86. The van der Waals surface area contributed by atoms with Crippen LogP contribution in [-0.4, -0.2) is 17.3 Å². The van der Waals surface area contributed by atoms with E-state index in [4.69, 9.17) is 16.3 Å². The Morgan fingerprint density at radius 2 is 1.96 bits per heavy atom. The van der Waals surface area contributed by atoms with Crippen LogP contribution in [-0.2, 0) is 10.5 Å². The first-order valence-electron chi connectivity index (χ1n) is 8.33. The molecule has 3 nitrogen and oxygen atoms in total. The number of amides is 1. The van der Waals surface area contributed by atoms with E-state index in [9.17, 15) is 4.79 Å². The van der Waals surface area contributed by atoms with Crippen LogP contribution < -0.4 is 10.1 Å². The van der Waals surface area contributed by atoms with Crippen LogP contribution in [0, 0.1) is 0 Å². The molecule has 25 heavy (non-hydrogen) atoms. The second kappa shape index (κ2) is 7.71. The van der Waals surface area contributed by atoms with Crippen LogP contribution in [0.4, 0.5) is 0 Å². The maximum absolute atomic E-state index is 12.4. The maximum Gasteiger partial charge on any atom is 0.230 e. The number of hydrogen-bond acceptors (Lipinski definition) is 3. The van der Waals surface area contributed by atoms with Gasteiger partial charge in [-0.15, -0.1) is 11.8 Å². The van der Waals surface area contributed by atoms with Crippen molar-refractivity contribution < 1.29 is 9.53 Å². The van der Waals surface area contributed by atoms with Crippen molar-refractivity contribution in [1.82, 2.24) is 5.32 Å². The Bertz CT molecular complexity index is 763. The van der Waals surface area contributed by atoms with E-state index >= 15 is 0 Å². The summed E-state index contributed by atoms with van der Waals surface area (Å²) in [5, 5.41) is 3.90. The SMILES string of the molecule is CC1(C)C[C@@H](NC(=O)CSCc2ccccc2Cl)c2ccccc2O1. The molecule has 2 aromatic rings. The summed E-state index contributed by atoms with van der Waals surface area (Å²) >= 11 is 7.73. The summed E-state index contributed by atoms with van der Waals surface area (Å²) in [7, 11) is 0. The molecular formula is C20H22ClNO2S. The van der Waals surface area contributed by atoms with Gasteiger partial charge in [0.2, 0.25) is 5.91 Å². The quantitative estimate of drug-likeness (QED) is 0.799. The summed E-state index contributed by atoms with van der Waals surface area (Å²) in [5.74, 6) is 2.02. The highest BCUT2D eigenvalue weighted by Crippen LogP contribution is 2.39. The van der Waals surface area contributed by atoms with Gasteiger partial charge in [-0.1, -0.05) is 48.0 Å². The van der Waals surface area contributed by atoms with Gasteiger partial charge in [-0.25, -0.2) is 0 Å². The van der Waals surface area contributed by atoms with Crippen LogP contribution in [0.3, 0.4) is 0 Å². The second-order valence-corrected chi connectivity index (χ2v) is 8.20. The summed E-state index contributed by atoms with van der Waals surface area (Å²) in [6, 6.07) is 15.6. The minimum absolute atomic E-state index is 0.0200. The molecule has 132 valence electrons. The van der Waals surface area contributed by atoms with Gasteiger partial charge in [0.25, 0.3) is 0 Å². The van der Waals surface area contributed by atoms with Gasteiger partial charge in [0.05, 0.1) is 11.8 Å². The highest BCUT2D eigenvalue weighted by molar-refractivity contribution is 7.99. The molecule has 1 amide bonds. The molecule has 0 unspecified atom stereocenters. The van der Waals surface area contributed by atoms with Crippen molar-refractivity contribution in [3.05, 3.63) is 64.7 Å². The number of benzene rings is 2. The van der Waals surface area contributed by atoms with Crippen LogP contribution in [0.5, 0.6) is 5.75 Å². The van der Waals surface area contributed by atoms with Gasteiger partial charge in [0.15, 0.2) is 0 Å². The van der Waals surface area contributed by atoms with Gasteiger partial charge >= 0.3 is 0 Å². The monoisotopic (exact) mass is 375 g/mol. The maximum atomic E-state index is 12.4. The fourth-order valence-electron chi connectivity index (χ4n) is 3.04.